The minimum atomic E-state index is -0.250. The molecule has 194 valence electrons. The number of para-hydroxylation sites is 1. The standard InChI is InChI=1S/C28H34N6O2S/c1-18(35)31-10-12-34-24-7-3-2-5-20(24)15-25(34)21-6-4-11-33(17-21)27(36)16-22(29)13-19-8-9-23-26(14-19)37-28(30)32-23/h2-3,5,7-9,14-15,21-22H,4,6,10-13,16-17,29H2,1H3,(H2,30,32)(H,31,35). The van der Waals surface area contributed by atoms with E-state index in [1.165, 1.54) is 29.3 Å². The van der Waals surface area contributed by atoms with Crippen molar-refractivity contribution in [2.24, 2.45) is 5.73 Å². The Morgan fingerprint density at radius 1 is 1.22 bits per heavy atom. The number of nitrogens with zero attached hydrogens (tertiary/aromatic N) is 3. The Balaban J connectivity index is 1.25. The Hall–Kier alpha value is -3.43. The first kappa shape index (κ1) is 25.2. The van der Waals surface area contributed by atoms with Gasteiger partial charge in [-0.05, 0) is 54.5 Å². The van der Waals surface area contributed by atoms with Gasteiger partial charge in [0.25, 0.3) is 0 Å². The summed E-state index contributed by atoms with van der Waals surface area (Å²) in [7, 11) is 0. The largest absolute Gasteiger partial charge is 0.375 e. The molecule has 2 aromatic carbocycles. The molecule has 1 aliphatic heterocycles. The number of amides is 2. The molecule has 5 rings (SSSR count). The number of nitrogen functional groups attached to an aromatic ring is 1. The van der Waals surface area contributed by atoms with Crippen molar-refractivity contribution in [2.75, 3.05) is 25.4 Å². The van der Waals surface area contributed by atoms with Gasteiger partial charge >= 0.3 is 0 Å². The average Bonchev–Trinajstić information content (AvgIpc) is 3.43. The van der Waals surface area contributed by atoms with Gasteiger partial charge in [-0.15, -0.1) is 0 Å². The first-order chi connectivity index (χ1) is 17.9. The number of thiazole rings is 1. The number of fused-ring (bicyclic) bond motifs is 2. The van der Waals surface area contributed by atoms with E-state index in [-0.39, 0.29) is 23.8 Å². The fraction of sp³-hybridized carbons (Fsp3) is 0.393. The third-order valence-electron chi connectivity index (χ3n) is 7.15. The zero-order valence-corrected chi connectivity index (χ0v) is 22.0. The number of piperidine rings is 1. The lowest BCUT2D eigenvalue weighted by atomic mass is 9.93. The van der Waals surface area contributed by atoms with Crippen molar-refractivity contribution in [2.45, 2.75) is 51.1 Å². The maximum Gasteiger partial charge on any atom is 0.224 e. The molecule has 0 radical (unpaired) electrons. The molecule has 2 atom stereocenters. The van der Waals surface area contributed by atoms with Crippen LogP contribution in [0.25, 0.3) is 21.1 Å². The minimum Gasteiger partial charge on any atom is -0.375 e. The number of nitrogens with one attached hydrogen (secondary N) is 1. The Kier molecular flexibility index (Phi) is 7.43. The highest BCUT2D eigenvalue weighted by atomic mass is 32.1. The second kappa shape index (κ2) is 10.9. The lowest BCUT2D eigenvalue weighted by Crippen LogP contribution is -2.42. The van der Waals surface area contributed by atoms with Crippen molar-refractivity contribution < 1.29 is 9.59 Å². The number of likely N-dealkylation sites (tertiary alicyclic amines) is 1. The fourth-order valence-corrected chi connectivity index (χ4v) is 6.25. The number of carbonyl (C=O) groups excluding carboxylic acids is 2. The van der Waals surface area contributed by atoms with Crippen LogP contribution < -0.4 is 16.8 Å². The summed E-state index contributed by atoms with van der Waals surface area (Å²) >= 11 is 1.46. The molecule has 3 heterocycles. The molecule has 0 aliphatic carbocycles. The summed E-state index contributed by atoms with van der Waals surface area (Å²) < 4.78 is 3.35. The molecule has 9 heteroatoms. The molecule has 1 saturated heterocycles. The quantitative estimate of drug-likeness (QED) is 0.329. The van der Waals surface area contributed by atoms with E-state index in [2.05, 4.69) is 39.1 Å². The van der Waals surface area contributed by atoms with Gasteiger partial charge in [0.1, 0.15) is 0 Å². The van der Waals surface area contributed by atoms with E-state index < -0.39 is 0 Å². The monoisotopic (exact) mass is 518 g/mol. The van der Waals surface area contributed by atoms with Crippen molar-refractivity contribution >= 4 is 49.4 Å². The molecule has 0 saturated carbocycles. The van der Waals surface area contributed by atoms with Crippen LogP contribution in [0.1, 0.15) is 43.4 Å². The van der Waals surface area contributed by atoms with E-state index in [9.17, 15) is 9.59 Å². The van der Waals surface area contributed by atoms with Gasteiger partial charge in [-0.3, -0.25) is 9.59 Å². The number of carbonyl (C=O) groups is 2. The van der Waals surface area contributed by atoms with Gasteiger partial charge < -0.3 is 26.3 Å². The number of hydrogen-bond donors (Lipinski definition) is 3. The van der Waals surface area contributed by atoms with Gasteiger partial charge in [-0.25, -0.2) is 4.98 Å². The molecule has 2 amide bonds. The molecular weight excluding hydrogens is 484 g/mol. The molecule has 8 nitrogen and oxygen atoms in total. The second-order valence-electron chi connectivity index (χ2n) is 9.96. The lowest BCUT2D eigenvalue weighted by molar-refractivity contribution is -0.132. The highest BCUT2D eigenvalue weighted by molar-refractivity contribution is 7.22. The van der Waals surface area contributed by atoms with E-state index >= 15 is 0 Å². The van der Waals surface area contributed by atoms with Crippen molar-refractivity contribution in [3.05, 3.63) is 59.8 Å². The summed E-state index contributed by atoms with van der Waals surface area (Å²) in [5.41, 5.74) is 16.6. The van der Waals surface area contributed by atoms with Crippen LogP contribution >= 0.6 is 11.3 Å². The van der Waals surface area contributed by atoms with E-state index in [4.69, 9.17) is 11.5 Å². The van der Waals surface area contributed by atoms with Crippen molar-refractivity contribution in [1.82, 2.24) is 19.8 Å². The maximum absolute atomic E-state index is 13.3. The summed E-state index contributed by atoms with van der Waals surface area (Å²) in [5, 5.41) is 4.65. The van der Waals surface area contributed by atoms with Crippen molar-refractivity contribution in [3.8, 4) is 0 Å². The van der Waals surface area contributed by atoms with Crippen LogP contribution in [0.15, 0.2) is 48.5 Å². The molecule has 2 unspecified atom stereocenters. The predicted octanol–water partition coefficient (Wildman–Crippen LogP) is 3.64. The third kappa shape index (κ3) is 5.78. The summed E-state index contributed by atoms with van der Waals surface area (Å²) in [5.74, 6) is 0.332. The predicted molar refractivity (Wildman–Crippen MR) is 150 cm³/mol. The van der Waals surface area contributed by atoms with Crippen molar-refractivity contribution in [1.29, 1.82) is 0 Å². The van der Waals surface area contributed by atoms with Gasteiger partial charge in [0.05, 0.1) is 10.2 Å². The normalized spacial score (nSPS) is 16.8. The van der Waals surface area contributed by atoms with Crippen LogP contribution in [-0.2, 0) is 22.6 Å². The van der Waals surface area contributed by atoms with Gasteiger partial charge in [0.2, 0.25) is 11.8 Å². The van der Waals surface area contributed by atoms with Gasteiger partial charge in [-0.2, -0.15) is 0 Å². The molecule has 0 spiro atoms. The van der Waals surface area contributed by atoms with E-state index in [0.29, 0.717) is 37.6 Å². The first-order valence-corrected chi connectivity index (χ1v) is 13.7. The fourth-order valence-electron chi connectivity index (χ4n) is 5.45. The molecule has 2 aromatic heterocycles. The molecule has 37 heavy (non-hydrogen) atoms. The van der Waals surface area contributed by atoms with Gasteiger partial charge in [0.15, 0.2) is 5.13 Å². The zero-order chi connectivity index (χ0) is 25.9. The number of aromatic nitrogens is 2. The summed E-state index contributed by atoms with van der Waals surface area (Å²) in [4.78, 5) is 31.0. The van der Waals surface area contributed by atoms with Gasteiger partial charge in [-0.1, -0.05) is 35.6 Å². The highest BCUT2D eigenvalue weighted by Crippen LogP contribution is 2.32. The van der Waals surface area contributed by atoms with E-state index in [0.717, 1.165) is 40.7 Å². The lowest BCUT2D eigenvalue weighted by Gasteiger charge is -2.34. The van der Waals surface area contributed by atoms with Crippen LogP contribution in [0.3, 0.4) is 0 Å². The smallest absolute Gasteiger partial charge is 0.224 e. The maximum atomic E-state index is 13.3. The van der Waals surface area contributed by atoms with E-state index in [1.54, 1.807) is 0 Å². The van der Waals surface area contributed by atoms with Crippen LogP contribution in [0.2, 0.25) is 0 Å². The molecule has 1 fully saturated rings. The van der Waals surface area contributed by atoms with Gasteiger partial charge in [0, 0.05) is 62.7 Å². The van der Waals surface area contributed by atoms with Crippen LogP contribution in [0.4, 0.5) is 5.13 Å². The van der Waals surface area contributed by atoms with Crippen LogP contribution in [-0.4, -0.2) is 51.9 Å². The number of hydrogen-bond acceptors (Lipinski definition) is 6. The average molecular weight is 519 g/mol. The summed E-state index contributed by atoms with van der Waals surface area (Å²) in [6.07, 6.45) is 2.95. The Morgan fingerprint density at radius 2 is 2.05 bits per heavy atom. The number of nitrogens with two attached hydrogens (primary N) is 2. The minimum absolute atomic E-state index is 0.0279. The topological polar surface area (TPSA) is 119 Å². The third-order valence-corrected chi connectivity index (χ3v) is 8.00. The number of benzene rings is 2. The Bertz CT molecular complexity index is 1430. The second-order valence-corrected chi connectivity index (χ2v) is 11.0. The zero-order valence-electron chi connectivity index (χ0n) is 21.2. The first-order valence-electron chi connectivity index (χ1n) is 12.9. The highest BCUT2D eigenvalue weighted by Gasteiger charge is 2.28. The Morgan fingerprint density at radius 3 is 2.89 bits per heavy atom. The molecule has 4 aromatic rings. The van der Waals surface area contributed by atoms with Crippen LogP contribution in [0, 0.1) is 0 Å². The molecular formula is C28H34N6O2S. The van der Waals surface area contributed by atoms with E-state index in [1.807, 2.05) is 29.2 Å². The Labute approximate surface area is 220 Å². The molecule has 1 aliphatic rings. The SMILES string of the molecule is CC(=O)NCCn1c(C2CCCN(C(=O)CC(N)Cc3ccc4nc(N)sc4c3)C2)cc2ccccc21. The van der Waals surface area contributed by atoms with Crippen LogP contribution in [0.5, 0.6) is 0 Å². The summed E-state index contributed by atoms with van der Waals surface area (Å²) in [6, 6.07) is 16.4. The van der Waals surface area contributed by atoms with Crippen molar-refractivity contribution in [3.63, 3.8) is 0 Å². The molecule has 5 N–H and O–H groups in total. The number of anilines is 1. The molecule has 0 bridgehead atoms. The summed E-state index contributed by atoms with van der Waals surface area (Å²) in [6.45, 7) is 4.27. The number of rotatable bonds is 8.